The van der Waals surface area contributed by atoms with Gasteiger partial charge in [0.05, 0.1) is 6.61 Å². The maximum absolute atomic E-state index is 5.67. The molecule has 1 heterocycles. The van der Waals surface area contributed by atoms with Crippen LogP contribution in [0.15, 0.2) is 0 Å². The molecule has 0 spiro atoms. The second kappa shape index (κ2) is 4.07. The van der Waals surface area contributed by atoms with Gasteiger partial charge in [0.2, 0.25) is 0 Å². The van der Waals surface area contributed by atoms with E-state index in [9.17, 15) is 0 Å². The van der Waals surface area contributed by atoms with Crippen molar-refractivity contribution in [1.82, 2.24) is 4.90 Å². The number of alkyl halides is 1. The molecule has 0 aromatic carbocycles. The standard InChI is InChI=1S/C9H18BrNO/c1-9(2)11(3)8(7-12-9)5-4-6-10/h8H,4-7H2,1-3H3/t8-/m0/s1. The van der Waals surface area contributed by atoms with Crippen LogP contribution in [0.3, 0.4) is 0 Å². The number of hydrogen-bond acceptors (Lipinski definition) is 2. The summed E-state index contributed by atoms with van der Waals surface area (Å²) in [4.78, 5) is 2.33. The molecule has 1 aliphatic heterocycles. The molecule has 12 heavy (non-hydrogen) atoms. The first-order chi connectivity index (χ1) is 5.58. The molecule has 0 bridgehead atoms. The molecular weight excluding hydrogens is 218 g/mol. The van der Waals surface area contributed by atoms with Gasteiger partial charge in [-0.15, -0.1) is 0 Å². The zero-order chi connectivity index (χ0) is 9.19. The minimum Gasteiger partial charge on any atom is -0.359 e. The van der Waals surface area contributed by atoms with Crippen LogP contribution in [0.4, 0.5) is 0 Å². The third-order valence-electron chi connectivity index (χ3n) is 2.70. The zero-order valence-electron chi connectivity index (χ0n) is 8.14. The Hall–Kier alpha value is 0.400. The van der Waals surface area contributed by atoms with E-state index in [0.29, 0.717) is 6.04 Å². The summed E-state index contributed by atoms with van der Waals surface area (Å²) >= 11 is 3.45. The summed E-state index contributed by atoms with van der Waals surface area (Å²) in [5.41, 5.74) is -0.0586. The fraction of sp³-hybridized carbons (Fsp3) is 1.00. The lowest BCUT2D eigenvalue weighted by molar-refractivity contribution is -0.0414. The van der Waals surface area contributed by atoms with E-state index in [1.807, 2.05) is 0 Å². The van der Waals surface area contributed by atoms with E-state index in [0.717, 1.165) is 11.9 Å². The quantitative estimate of drug-likeness (QED) is 0.697. The van der Waals surface area contributed by atoms with E-state index >= 15 is 0 Å². The molecule has 0 aliphatic carbocycles. The van der Waals surface area contributed by atoms with Gasteiger partial charge in [0.15, 0.2) is 0 Å². The van der Waals surface area contributed by atoms with Crippen LogP contribution in [0.2, 0.25) is 0 Å². The minimum atomic E-state index is -0.0586. The van der Waals surface area contributed by atoms with Crippen LogP contribution in [0, 0.1) is 0 Å². The van der Waals surface area contributed by atoms with Gasteiger partial charge in [0.1, 0.15) is 5.72 Å². The van der Waals surface area contributed by atoms with E-state index in [4.69, 9.17) is 4.74 Å². The van der Waals surface area contributed by atoms with Crippen molar-refractivity contribution in [3.63, 3.8) is 0 Å². The predicted octanol–water partition coefficient (Wildman–Crippen LogP) is 2.23. The fourth-order valence-electron chi connectivity index (χ4n) is 1.54. The van der Waals surface area contributed by atoms with Crippen LogP contribution >= 0.6 is 15.9 Å². The van der Waals surface area contributed by atoms with E-state index in [-0.39, 0.29) is 5.72 Å². The van der Waals surface area contributed by atoms with Gasteiger partial charge in [0.25, 0.3) is 0 Å². The molecule has 0 unspecified atom stereocenters. The van der Waals surface area contributed by atoms with E-state index in [2.05, 4.69) is 41.7 Å². The lowest BCUT2D eigenvalue weighted by Crippen LogP contribution is -2.40. The Labute approximate surface area is 83.4 Å². The zero-order valence-corrected chi connectivity index (χ0v) is 9.73. The van der Waals surface area contributed by atoms with Crippen molar-refractivity contribution in [1.29, 1.82) is 0 Å². The van der Waals surface area contributed by atoms with Crippen molar-refractivity contribution >= 4 is 15.9 Å². The summed E-state index contributed by atoms with van der Waals surface area (Å²) in [6.45, 7) is 5.14. The predicted molar refractivity (Wildman–Crippen MR) is 54.6 cm³/mol. The highest BCUT2D eigenvalue weighted by molar-refractivity contribution is 9.09. The second-order valence-corrected chi connectivity index (χ2v) is 4.65. The molecule has 72 valence electrons. The normalized spacial score (nSPS) is 29.5. The Balaban J connectivity index is 2.39. The van der Waals surface area contributed by atoms with Gasteiger partial charge >= 0.3 is 0 Å². The summed E-state index contributed by atoms with van der Waals surface area (Å²) in [5, 5.41) is 1.10. The average molecular weight is 236 g/mol. The number of halogens is 1. The van der Waals surface area contributed by atoms with Gasteiger partial charge in [0, 0.05) is 11.4 Å². The molecule has 1 fully saturated rings. The number of hydrogen-bond donors (Lipinski definition) is 0. The summed E-state index contributed by atoms with van der Waals surface area (Å²) in [7, 11) is 2.14. The third-order valence-corrected chi connectivity index (χ3v) is 3.26. The molecule has 0 radical (unpaired) electrons. The van der Waals surface area contributed by atoms with Crippen molar-refractivity contribution in [2.24, 2.45) is 0 Å². The molecule has 0 amide bonds. The Morgan fingerprint density at radius 1 is 1.58 bits per heavy atom. The van der Waals surface area contributed by atoms with Crippen LogP contribution in [-0.2, 0) is 4.74 Å². The largest absolute Gasteiger partial charge is 0.359 e. The lowest BCUT2D eigenvalue weighted by atomic mass is 10.1. The molecule has 1 rings (SSSR count). The first-order valence-electron chi connectivity index (χ1n) is 4.51. The first-order valence-corrected chi connectivity index (χ1v) is 5.63. The minimum absolute atomic E-state index is 0.0586. The summed E-state index contributed by atoms with van der Waals surface area (Å²) in [6.07, 6.45) is 2.46. The highest BCUT2D eigenvalue weighted by Crippen LogP contribution is 2.27. The van der Waals surface area contributed by atoms with Crippen molar-refractivity contribution in [2.45, 2.75) is 38.5 Å². The first kappa shape index (κ1) is 10.5. The van der Waals surface area contributed by atoms with Crippen molar-refractivity contribution < 1.29 is 4.74 Å². The van der Waals surface area contributed by atoms with Crippen molar-refractivity contribution in [2.75, 3.05) is 19.0 Å². The molecule has 1 atom stereocenters. The molecule has 0 aromatic heterocycles. The van der Waals surface area contributed by atoms with Crippen LogP contribution in [0.25, 0.3) is 0 Å². The number of nitrogens with zero attached hydrogens (tertiary/aromatic N) is 1. The highest BCUT2D eigenvalue weighted by Gasteiger charge is 2.36. The van der Waals surface area contributed by atoms with Gasteiger partial charge in [-0.2, -0.15) is 0 Å². The Bertz CT molecular complexity index is 149. The Morgan fingerprint density at radius 2 is 2.25 bits per heavy atom. The number of likely N-dealkylation sites (N-methyl/N-ethyl adjacent to an activating group) is 1. The summed E-state index contributed by atoms with van der Waals surface area (Å²) < 4.78 is 5.67. The lowest BCUT2D eigenvalue weighted by Gasteiger charge is -2.29. The van der Waals surface area contributed by atoms with Gasteiger partial charge < -0.3 is 4.74 Å². The number of rotatable bonds is 3. The SMILES string of the molecule is CN1[C@@H](CCCBr)COC1(C)C. The monoisotopic (exact) mass is 235 g/mol. The Kier molecular flexibility index (Phi) is 3.56. The van der Waals surface area contributed by atoms with E-state index < -0.39 is 0 Å². The molecule has 2 nitrogen and oxygen atoms in total. The van der Waals surface area contributed by atoms with Crippen LogP contribution in [-0.4, -0.2) is 35.7 Å². The second-order valence-electron chi connectivity index (χ2n) is 3.85. The third kappa shape index (κ3) is 2.21. The Morgan fingerprint density at radius 3 is 2.67 bits per heavy atom. The van der Waals surface area contributed by atoms with Crippen LogP contribution in [0.5, 0.6) is 0 Å². The highest BCUT2D eigenvalue weighted by atomic mass is 79.9. The summed E-state index contributed by atoms with van der Waals surface area (Å²) in [6, 6.07) is 0.609. The van der Waals surface area contributed by atoms with Gasteiger partial charge in [-0.3, -0.25) is 4.90 Å². The molecule has 0 N–H and O–H groups in total. The van der Waals surface area contributed by atoms with Crippen LogP contribution in [0.1, 0.15) is 26.7 Å². The van der Waals surface area contributed by atoms with Gasteiger partial charge in [-0.05, 0) is 33.7 Å². The number of ether oxygens (including phenoxy) is 1. The van der Waals surface area contributed by atoms with Gasteiger partial charge in [-0.25, -0.2) is 0 Å². The molecule has 0 saturated carbocycles. The fourth-order valence-corrected chi connectivity index (χ4v) is 1.87. The smallest absolute Gasteiger partial charge is 0.116 e. The maximum atomic E-state index is 5.67. The summed E-state index contributed by atoms with van der Waals surface area (Å²) in [5.74, 6) is 0. The van der Waals surface area contributed by atoms with Crippen LogP contribution < -0.4 is 0 Å². The van der Waals surface area contributed by atoms with E-state index in [1.54, 1.807) is 0 Å². The molecule has 3 heteroatoms. The van der Waals surface area contributed by atoms with Crippen molar-refractivity contribution in [3.05, 3.63) is 0 Å². The molecule has 0 aromatic rings. The average Bonchev–Trinajstić information content (AvgIpc) is 2.26. The topological polar surface area (TPSA) is 12.5 Å². The maximum Gasteiger partial charge on any atom is 0.116 e. The molecular formula is C9H18BrNO. The van der Waals surface area contributed by atoms with E-state index in [1.165, 1.54) is 12.8 Å². The van der Waals surface area contributed by atoms with Gasteiger partial charge in [-0.1, -0.05) is 15.9 Å². The molecule has 1 aliphatic rings. The molecule has 1 saturated heterocycles. The van der Waals surface area contributed by atoms with Crippen molar-refractivity contribution in [3.8, 4) is 0 Å².